The van der Waals surface area contributed by atoms with Gasteiger partial charge in [0.2, 0.25) is 6.41 Å². The molecule has 1 aromatic carbocycles. The Bertz CT molecular complexity index is 427. The number of hydrogen-bond donors (Lipinski definition) is 2. The van der Waals surface area contributed by atoms with E-state index in [0.29, 0.717) is 25.2 Å². The molecule has 7 heteroatoms. The van der Waals surface area contributed by atoms with Crippen molar-refractivity contribution >= 4 is 40.1 Å². The SMILES string of the molecule is O=CNC(CCSCCOc1ccc(Br)cc1)C(=O)O. The molecule has 0 saturated heterocycles. The molecule has 20 heavy (non-hydrogen) atoms. The first kappa shape index (κ1) is 16.8. The van der Waals surface area contributed by atoms with E-state index < -0.39 is 12.0 Å². The fraction of sp³-hybridized carbons (Fsp3) is 0.385. The highest BCUT2D eigenvalue weighted by Crippen LogP contribution is 2.16. The summed E-state index contributed by atoms with van der Waals surface area (Å²) >= 11 is 4.94. The van der Waals surface area contributed by atoms with E-state index in [2.05, 4.69) is 21.2 Å². The molecule has 1 aromatic rings. The molecular formula is C13H16BrNO4S. The second kappa shape index (κ2) is 9.66. The Morgan fingerprint density at radius 3 is 2.70 bits per heavy atom. The number of rotatable bonds is 10. The van der Waals surface area contributed by atoms with Crippen LogP contribution in [-0.4, -0.2) is 41.6 Å². The number of carbonyl (C=O) groups is 2. The van der Waals surface area contributed by atoms with E-state index in [4.69, 9.17) is 9.84 Å². The van der Waals surface area contributed by atoms with Crippen molar-refractivity contribution in [1.82, 2.24) is 5.32 Å². The monoisotopic (exact) mass is 361 g/mol. The van der Waals surface area contributed by atoms with Gasteiger partial charge in [-0.15, -0.1) is 0 Å². The zero-order chi connectivity index (χ0) is 14.8. The van der Waals surface area contributed by atoms with Gasteiger partial charge >= 0.3 is 5.97 Å². The highest BCUT2D eigenvalue weighted by atomic mass is 79.9. The summed E-state index contributed by atoms with van der Waals surface area (Å²) in [6.45, 7) is 0.561. The molecule has 0 aliphatic heterocycles. The third-order valence-corrected chi connectivity index (χ3v) is 3.94. The third kappa shape index (κ3) is 6.81. The molecule has 2 N–H and O–H groups in total. The Kier molecular flexibility index (Phi) is 8.13. The van der Waals surface area contributed by atoms with Crippen LogP contribution in [0.15, 0.2) is 28.7 Å². The van der Waals surface area contributed by atoms with Crippen LogP contribution in [0.2, 0.25) is 0 Å². The molecule has 0 saturated carbocycles. The zero-order valence-electron chi connectivity index (χ0n) is 10.8. The Morgan fingerprint density at radius 1 is 1.40 bits per heavy atom. The average molecular weight is 362 g/mol. The van der Waals surface area contributed by atoms with E-state index in [1.807, 2.05) is 24.3 Å². The third-order valence-electron chi connectivity index (χ3n) is 2.43. The molecule has 0 fully saturated rings. The van der Waals surface area contributed by atoms with E-state index in [1.165, 1.54) is 0 Å². The van der Waals surface area contributed by atoms with Crippen LogP contribution in [0.5, 0.6) is 5.75 Å². The van der Waals surface area contributed by atoms with Crippen molar-refractivity contribution < 1.29 is 19.4 Å². The van der Waals surface area contributed by atoms with Gasteiger partial charge < -0.3 is 15.2 Å². The summed E-state index contributed by atoms with van der Waals surface area (Å²) < 4.78 is 6.53. The summed E-state index contributed by atoms with van der Waals surface area (Å²) in [6, 6.07) is 6.76. The normalized spacial score (nSPS) is 11.7. The predicted molar refractivity (Wildman–Crippen MR) is 82.2 cm³/mol. The minimum atomic E-state index is -1.01. The Hall–Kier alpha value is -1.21. The van der Waals surface area contributed by atoms with Crippen LogP contribution in [0.1, 0.15) is 6.42 Å². The molecule has 1 rings (SSSR count). The number of hydrogen-bond acceptors (Lipinski definition) is 4. The quantitative estimate of drug-likeness (QED) is 0.493. The number of aliphatic carboxylic acids is 1. The minimum absolute atomic E-state index is 0.400. The van der Waals surface area contributed by atoms with Gasteiger partial charge in [0, 0.05) is 10.2 Å². The van der Waals surface area contributed by atoms with Crippen molar-refractivity contribution in [3.63, 3.8) is 0 Å². The zero-order valence-corrected chi connectivity index (χ0v) is 13.2. The summed E-state index contributed by atoms with van der Waals surface area (Å²) in [5.74, 6) is 1.22. The summed E-state index contributed by atoms with van der Waals surface area (Å²) in [5, 5.41) is 11.1. The van der Waals surface area contributed by atoms with Crippen molar-refractivity contribution in [3.05, 3.63) is 28.7 Å². The molecule has 110 valence electrons. The first-order valence-corrected chi connectivity index (χ1v) is 7.97. The van der Waals surface area contributed by atoms with Gasteiger partial charge in [0.25, 0.3) is 0 Å². The van der Waals surface area contributed by atoms with Gasteiger partial charge in [-0.25, -0.2) is 4.79 Å². The molecule has 0 bridgehead atoms. The number of benzene rings is 1. The highest BCUT2D eigenvalue weighted by molar-refractivity contribution is 9.10. The van der Waals surface area contributed by atoms with Crippen LogP contribution in [-0.2, 0) is 9.59 Å². The van der Waals surface area contributed by atoms with E-state index >= 15 is 0 Å². The van der Waals surface area contributed by atoms with Crippen molar-refractivity contribution in [2.24, 2.45) is 0 Å². The van der Waals surface area contributed by atoms with Crippen LogP contribution in [0.4, 0.5) is 0 Å². The number of amides is 1. The number of carboxylic acid groups (broad SMARTS) is 1. The lowest BCUT2D eigenvalue weighted by Gasteiger charge is -2.10. The molecule has 0 aliphatic carbocycles. The summed E-state index contributed by atoms with van der Waals surface area (Å²) in [4.78, 5) is 21.0. The smallest absolute Gasteiger partial charge is 0.326 e. The van der Waals surface area contributed by atoms with Crippen molar-refractivity contribution in [3.8, 4) is 5.75 Å². The molecular weight excluding hydrogens is 346 g/mol. The van der Waals surface area contributed by atoms with Crippen LogP contribution in [0, 0.1) is 0 Å². The number of ether oxygens (including phenoxy) is 1. The minimum Gasteiger partial charge on any atom is -0.493 e. The molecule has 5 nitrogen and oxygen atoms in total. The maximum atomic E-state index is 10.8. The average Bonchev–Trinajstić information content (AvgIpc) is 2.43. The lowest BCUT2D eigenvalue weighted by molar-refractivity contribution is -0.140. The predicted octanol–water partition coefficient (Wildman–Crippen LogP) is 2.15. The summed E-state index contributed by atoms with van der Waals surface area (Å²) in [7, 11) is 0. The second-order valence-corrected chi connectivity index (χ2v) is 6.02. The first-order chi connectivity index (χ1) is 9.63. The van der Waals surface area contributed by atoms with Crippen molar-refractivity contribution in [1.29, 1.82) is 0 Å². The molecule has 1 unspecified atom stereocenters. The Balaban J connectivity index is 2.11. The first-order valence-electron chi connectivity index (χ1n) is 6.02. The topological polar surface area (TPSA) is 75.6 Å². The van der Waals surface area contributed by atoms with Gasteiger partial charge in [-0.1, -0.05) is 15.9 Å². The van der Waals surface area contributed by atoms with Gasteiger partial charge in [-0.2, -0.15) is 11.8 Å². The maximum absolute atomic E-state index is 10.8. The van der Waals surface area contributed by atoms with E-state index in [0.717, 1.165) is 16.0 Å². The largest absolute Gasteiger partial charge is 0.493 e. The summed E-state index contributed by atoms with van der Waals surface area (Å²) in [5.41, 5.74) is 0. The van der Waals surface area contributed by atoms with Gasteiger partial charge in [0.1, 0.15) is 11.8 Å². The standard InChI is InChI=1S/C13H16BrNO4S/c14-10-1-3-11(4-2-10)19-6-8-20-7-5-12(13(17)18)15-9-16/h1-4,9,12H,5-8H2,(H,15,16)(H,17,18). The van der Waals surface area contributed by atoms with Crippen molar-refractivity contribution in [2.75, 3.05) is 18.1 Å². The second-order valence-electron chi connectivity index (χ2n) is 3.88. The fourth-order valence-corrected chi connectivity index (χ4v) is 2.48. The number of carboxylic acids is 1. The number of carbonyl (C=O) groups excluding carboxylic acids is 1. The van der Waals surface area contributed by atoms with Gasteiger partial charge in [-0.05, 0) is 36.4 Å². The molecule has 1 atom stereocenters. The number of thioether (sulfide) groups is 1. The lowest BCUT2D eigenvalue weighted by atomic mass is 10.2. The van der Waals surface area contributed by atoms with E-state index in [9.17, 15) is 9.59 Å². The fourth-order valence-electron chi connectivity index (χ4n) is 1.41. The molecule has 0 spiro atoms. The Labute approximate surface area is 130 Å². The van der Waals surface area contributed by atoms with Gasteiger partial charge in [0.15, 0.2) is 0 Å². The van der Waals surface area contributed by atoms with Crippen LogP contribution in [0.3, 0.4) is 0 Å². The van der Waals surface area contributed by atoms with Crippen LogP contribution < -0.4 is 10.1 Å². The molecule has 1 amide bonds. The number of halogens is 1. The highest BCUT2D eigenvalue weighted by Gasteiger charge is 2.15. The van der Waals surface area contributed by atoms with Crippen molar-refractivity contribution in [2.45, 2.75) is 12.5 Å². The van der Waals surface area contributed by atoms with Gasteiger partial charge in [0.05, 0.1) is 6.61 Å². The molecule has 0 aromatic heterocycles. The van der Waals surface area contributed by atoms with E-state index in [-0.39, 0.29) is 0 Å². The Morgan fingerprint density at radius 2 is 2.10 bits per heavy atom. The van der Waals surface area contributed by atoms with Crippen LogP contribution in [0.25, 0.3) is 0 Å². The molecule has 0 heterocycles. The molecule has 0 radical (unpaired) electrons. The van der Waals surface area contributed by atoms with E-state index in [1.54, 1.807) is 11.8 Å². The van der Waals surface area contributed by atoms with Gasteiger partial charge in [-0.3, -0.25) is 4.79 Å². The molecule has 0 aliphatic rings. The van der Waals surface area contributed by atoms with Crippen LogP contribution >= 0.6 is 27.7 Å². The maximum Gasteiger partial charge on any atom is 0.326 e. The lowest BCUT2D eigenvalue weighted by Crippen LogP contribution is -2.36. The summed E-state index contributed by atoms with van der Waals surface area (Å²) in [6.07, 6.45) is 0.817. The number of nitrogens with one attached hydrogen (secondary N) is 1.